The van der Waals surface area contributed by atoms with Gasteiger partial charge in [-0.15, -0.1) is 0 Å². The molecule has 0 saturated carbocycles. The summed E-state index contributed by atoms with van der Waals surface area (Å²) >= 11 is 1.76. The van der Waals surface area contributed by atoms with E-state index in [4.69, 9.17) is 10.00 Å². The third-order valence-electron chi connectivity index (χ3n) is 2.15. The van der Waals surface area contributed by atoms with E-state index in [9.17, 15) is 13.6 Å². The molecule has 18 heavy (non-hydrogen) atoms. The minimum atomic E-state index is -2.79. The van der Waals surface area contributed by atoms with Gasteiger partial charge in [-0.1, -0.05) is 0 Å². The molecule has 96 valence electrons. The van der Waals surface area contributed by atoms with Crippen molar-refractivity contribution in [1.82, 2.24) is 4.98 Å². The number of pyridine rings is 1. The van der Waals surface area contributed by atoms with E-state index >= 15 is 0 Å². The van der Waals surface area contributed by atoms with E-state index in [0.717, 1.165) is 6.20 Å². The molecule has 1 heterocycles. The fraction of sp³-hybridized carbons (Fsp3) is 0.364. The molecule has 0 aromatic carbocycles. The van der Waals surface area contributed by atoms with Crippen molar-refractivity contribution >= 4 is 28.6 Å². The first-order valence-electron chi connectivity index (χ1n) is 5.02. The summed E-state index contributed by atoms with van der Waals surface area (Å²) < 4.78 is 30.6. The summed E-state index contributed by atoms with van der Waals surface area (Å²) in [5, 5.41) is 8.96. The second-order valence-electron chi connectivity index (χ2n) is 3.25. The summed E-state index contributed by atoms with van der Waals surface area (Å²) in [6, 6.07) is 1.80. The van der Waals surface area contributed by atoms with Gasteiger partial charge >= 0.3 is 5.97 Å². The Morgan fingerprint density at radius 3 is 2.83 bits per heavy atom. The van der Waals surface area contributed by atoms with Crippen molar-refractivity contribution in [2.45, 2.75) is 19.8 Å². The van der Waals surface area contributed by atoms with Gasteiger partial charge in [-0.3, -0.25) is 4.79 Å². The number of carbonyl (C=O) groups is 1. The minimum Gasteiger partial charge on any atom is -0.466 e. The zero-order chi connectivity index (χ0) is 13.7. The van der Waals surface area contributed by atoms with Gasteiger partial charge in [0.1, 0.15) is 9.77 Å². The first kappa shape index (κ1) is 14.8. The van der Waals surface area contributed by atoms with Crippen LogP contribution in [0.1, 0.15) is 30.0 Å². The van der Waals surface area contributed by atoms with Gasteiger partial charge in [0.05, 0.1) is 18.6 Å². The molecule has 0 aliphatic heterocycles. The lowest BCUT2D eigenvalue weighted by Gasteiger charge is -2.10. The molecule has 0 spiro atoms. The Bertz CT molecular complexity index is 501. The Hall–Kier alpha value is -1.30. The van der Waals surface area contributed by atoms with E-state index in [1.165, 1.54) is 0 Å². The zero-order valence-electron chi connectivity index (χ0n) is 9.41. The van der Waals surface area contributed by atoms with Crippen LogP contribution < -0.4 is 0 Å². The highest BCUT2D eigenvalue weighted by molar-refractivity contribution is 14.1. The average molecular weight is 366 g/mol. The van der Waals surface area contributed by atoms with Crippen molar-refractivity contribution in [2.75, 3.05) is 6.61 Å². The first-order valence-corrected chi connectivity index (χ1v) is 6.10. The number of hydrogen-bond donors (Lipinski definition) is 0. The molecular formula is C11H9F2IN2O2. The number of aromatic nitrogens is 1. The van der Waals surface area contributed by atoms with Crippen LogP contribution in [0.5, 0.6) is 0 Å². The Morgan fingerprint density at radius 1 is 1.67 bits per heavy atom. The third-order valence-corrected chi connectivity index (χ3v) is 2.96. The molecule has 0 amide bonds. The predicted molar refractivity (Wildman–Crippen MR) is 67.0 cm³/mol. The van der Waals surface area contributed by atoms with Crippen LogP contribution >= 0.6 is 22.6 Å². The quantitative estimate of drug-likeness (QED) is 0.467. The standard InChI is InChI=1S/C11H9F2IN2O2/c1-2-18-9(17)3-6-7(4-15)11(14)16-5-8(6)10(12)13/h5,10H,2-3H2,1H3. The summed E-state index contributed by atoms with van der Waals surface area (Å²) in [5.74, 6) is -0.641. The van der Waals surface area contributed by atoms with E-state index in [0.29, 0.717) is 3.70 Å². The van der Waals surface area contributed by atoms with E-state index < -0.39 is 18.0 Å². The van der Waals surface area contributed by atoms with Gasteiger partial charge in [0.15, 0.2) is 0 Å². The maximum atomic E-state index is 12.8. The van der Waals surface area contributed by atoms with Crippen LogP contribution in [0.2, 0.25) is 0 Å². The number of alkyl halides is 2. The lowest BCUT2D eigenvalue weighted by molar-refractivity contribution is -0.142. The summed E-state index contributed by atoms with van der Waals surface area (Å²) in [4.78, 5) is 15.1. The molecule has 0 radical (unpaired) electrons. The lowest BCUT2D eigenvalue weighted by Crippen LogP contribution is -2.12. The predicted octanol–water partition coefficient (Wildman–Crippen LogP) is 2.60. The molecule has 0 aliphatic rings. The largest absolute Gasteiger partial charge is 0.466 e. The van der Waals surface area contributed by atoms with Crippen LogP contribution in [0.25, 0.3) is 0 Å². The molecule has 0 N–H and O–H groups in total. The molecule has 0 bridgehead atoms. The zero-order valence-corrected chi connectivity index (χ0v) is 11.6. The Labute approximate surface area is 116 Å². The van der Waals surface area contributed by atoms with Crippen molar-refractivity contribution in [2.24, 2.45) is 0 Å². The Morgan fingerprint density at radius 2 is 2.33 bits per heavy atom. The van der Waals surface area contributed by atoms with Crippen LogP contribution in [0.4, 0.5) is 8.78 Å². The number of carbonyl (C=O) groups excluding carboxylic acids is 1. The van der Waals surface area contributed by atoms with Gasteiger partial charge in [0.2, 0.25) is 0 Å². The summed E-state index contributed by atoms with van der Waals surface area (Å²) in [7, 11) is 0. The van der Waals surface area contributed by atoms with E-state index in [1.54, 1.807) is 35.6 Å². The van der Waals surface area contributed by atoms with E-state index in [2.05, 4.69) is 4.98 Å². The normalized spacial score (nSPS) is 10.2. The number of nitriles is 1. The number of rotatable bonds is 4. The van der Waals surface area contributed by atoms with Crippen molar-refractivity contribution in [3.63, 3.8) is 0 Å². The van der Waals surface area contributed by atoms with Gasteiger partial charge in [-0.2, -0.15) is 5.26 Å². The Kier molecular flexibility index (Phi) is 5.40. The number of nitrogens with zero attached hydrogens (tertiary/aromatic N) is 2. The van der Waals surface area contributed by atoms with Gasteiger partial charge in [-0.25, -0.2) is 13.8 Å². The topological polar surface area (TPSA) is 63.0 Å². The molecule has 0 aliphatic carbocycles. The monoisotopic (exact) mass is 366 g/mol. The van der Waals surface area contributed by atoms with Crippen molar-refractivity contribution < 1.29 is 18.3 Å². The second kappa shape index (κ2) is 6.58. The van der Waals surface area contributed by atoms with Crippen LogP contribution in [0.3, 0.4) is 0 Å². The fourth-order valence-electron chi connectivity index (χ4n) is 1.39. The van der Waals surface area contributed by atoms with Crippen LogP contribution in [0, 0.1) is 15.0 Å². The molecule has 1 rings (SSSR count). The summed E-state index contributed by atoms with van der Waals surface area (Å²) in [6.07, 6.45) is -2.15. The van der Waals surface area contributed by atoms with E-state index in [1.807, 2.05) is 0 Å². The average Bonchev–Trinajstić information content (AvgIpc) is 2.29. The molecule has 0 unspecified atom stereocenters. The third kappa shape index (κ3) is 3.35. The molecule has 7 heteroatoms. The molecule has 0 atom stereocenters. The fourth-order valence-corrected chi connectivity index (χ4v) is 1.97. The van der Waals surface area contributed by atoms with Crippen molar-refractivity contribution in [3.05, 3.63) is 26.6 Å². The highest BCUT2D eigenvalue weighted by atomic mass is 127. The molecular weight excluding hydrogens is 357 g/mol. The number of esters is 1. The summed E-state index contributed by atoms with van der Waals surface area (Å²) in [6.45, 7) is 1.78. The lowest BCUT2D eigenvalue weighted by atomic mass is 10.0. The highest BCUT2D eigenvalue weighted by Gasteiger charge is 2.22. The Balaban J connectivity index is 3.24. The molecule has 0 saturated heterocycles. The minimum absolute atomic E-state index is 0.00135. The summed E-state index contributed by atoms with van der Waals surface area (Å²) in [5.41, 5.74) is -0.410. The molecule has 1 aromatic heterocycles. The van der Waals surface area contributed by atoms with Crippen LogP contribution in [-0.2, 0) is 16.0 Å². The maximum Gasteiger partial charge on any atom is 0.310 e. The van der Waals surface area contributed by atoms with Crippen molar-refractivity contribution in [3.8, 4) is 6.07 Å². The highest BCUT2D eigenvalue weighted by Crippen LogP contribution is 2.27. The molecule has 1 aromatic rings. The van der Waals surface area contributed by atoms with Crippen LogP contribution in [0.15, 0.2) is 6.20 Å². The van der Waals surface area contributed by atoms with Crippen LogP contribution in [-0.4, -0.2) is 17.6 Å². The maximum absolute atomic E-state index is 12.8. The van der Waals surface area contributed by atoms with E-state index in [-0.39, 0.29) is 24.2 Å². The molecule has 0 fully saturated rings. The second-order valence-corrected chi connectivity index (χ2v) is 4.27. The van der Waals surface area contributed by atoms with Gasteiger partial charge < -0.3 is 4.74 Å². The van der Waals surface area contributed by atoms with Crippen molar-refractivity contribution in [1.29, 1.82) is 5.26 Å². The SMILES string of the molecule is CCOC(=O)Cc1c(C(F)F)cnc(I)c1C#N. The number of halogens is 3. The van der Waals surface area contributed by atoms with Gasteiger partial charge in [0, 0.05) is 11.8 Å². The number of hydrogen-bond acceptors (Lipinski definition) is 4. The number of ether oxygens (including phenoxy) is 1. The molecule has 4 nitrogen and oxygen atoms in total. The van der Waals surface area contributed by atoms with Gasteiger partial charge in [-0.05, 0) is 35.1 Å². The first-order chi connectivity index (χ1) is 8.51. The van der Waals surface area contributed by atoms with Gasteiger partial charge in [0.25, 0.3) is 6.43 Å². The smallest absolute Gasteiger partial charge is 0.310 e.